The molecule has 1 heterocycles. The van der Waals surface area contributed by atoms with Gasteiger partial charge >= 0.3 is 5.71 Å². The Morgan fingerprint density at radius 1 is 1.30 bits per heavy atom. The third-order valence-corrected chi connectivity index (χ3v) is 4.70. The van der Waals surface area contributed by atoms with Gasteiger partial charge in [-0.15, -0.1) is 0 Å². The van der Waals surface area contributed by atoms with Crippen LogP contribution in [0, 0.1) is 5.92 Å². The molecule has 3 heteroatoms. The van der Waals surface area contributed by atoms with Crippen molar-refractivity contribution >= 4 is 17.6 Å². The van der Waals surface area contributed by atoms with Crippen LogP contribution in [0.2, 0.25) is 0 Å². The summed E-state index contributed by atoms with van der Waals surface area (Å²) in [5.41, 5.74) is 4.26. The second-order valence-electron chi connectivity index (χ2n) is 6.55. The lowest BCUT2D eigenvalue weighted by molar-refractivity contribution is 0.314. The molecule has 1 aliphatic carbocycles. The second kappa shape index (κ2) is 7.14. The lowest BCUT2D eigenvalue weighted by atomic mass is 9.83. The van der Waals surface area contributed by atoms with Gasteiger partial charge < -0.3 is 4.74 Å². The molecule has 0 aromatic rings. The van der Waals surface area contributed by atoms with Crippen molar-refractivity contribution in [2.24, 2.45) is 10.9 Å². The van der Waals surface area contributed by atoms with E-state index in [1.54, 1.807) is 7.11 Å². The number of fused-ring (bicyclic) bond motifs is 1. The fourth-order valence-electron chi connectivity index (χ4n) is 2.72. The SMILES string of the molecule is CCC1=CC(C)(CC)N=C2C(OC)=CC(=[N+]=CC(C)CC)C=C12. The highest BCUT2D eigenvalue weighted by atomic mass is 16.5. The summed E-state index contributed by atoms with van der Waals surface area (Å²) in [7, 11) is 1.71. The van der Waals surface area contributed by atoms with Crippen molar-refractivity contribution in [2.45, 2.75) is 59.4 Å². The van der Waals surface area contributed by atoms with Crippen LogP contribution in [0.5, 0.6) is 0 Å². The maximum absolute atomic E-state index is 5.62. The topological polar surface area (TPSA) is 35.7 Å². The second-order valence-corrected chi connectivity index (χ2v) is 6.55. The molecule has 0 saturated carbocycles. The highest BCUT2D eigenvalue weighted by molar-refractivity contribution is 6.25. The Morgan fingerprint density at radius 2 is 2.04 bits per heavy atom. The van der Waals surface area contributed by atoms with Crippen LogP contribution in [0.15, 0.2) is 40.1 Å². The molecule has 23 heavy (non-hydrogen) atoms. The summed E-state index contributed by atoms with van der Waals surface area (Å²) in [5, 5.41) is 0. The van der Waals surface area contributed by atoms with Crippen molar-refractivity contribution in [1.29, 1.82) is 0 Å². The van der Waals surface area contributed by atoms with Gasteiger partial charge in [0, 0.05) is 11.6 Å². The van der Waals surface area contributed by atoms with Gasteiger partial charge in [0.15, 0.2) is 5.76 Å². The van der Waals surface area contributed by atoms with Gasteiger partial charge in [0.25, 0.3) is 6.21 Å². The summed E-state index contributed by atoms with van der Waals surface area (Å²) < 4.78 is 10.3. The fourth-order valence-corrected chi connectivity index (χ4v) is 2.72. The Morgan fingerprint density at radius 3 is 2.61 bits per heavy atom. The minimum Gasteiger partial charge on any atom is -0.494 e. The monoisotopic (exact) mass is 313 g/mol. The summed E-state index contributed by atoms with van der Waals surface area (Å²) >= 11 is 0. The first kappa shape index (κ1) is 17.5. The minimum atomic E-state index is -0.146. The molecule has 3 nitrogen and oxygen atoms in total. The van der Waals surface area contributed by atoms with E-state index in [0.717, 1.165) is 42.0 Å². The average molecular weight is 313 g/mol. The molecule has 0 aromatic carbocycles. The lowest BCUT2D eigenvalue weighted by Crippen LogP contribution is -2.30. The van der Waals surface area contributed by atoms with Gasteiger partial charge in [0.05, 0.1) is 24.6 Å². The van der Waals surface area contributed by atoms with E-state index in [2.05, 4.69) is 51.4 Å². The van der Waals surface area contributed by atoms with E-state index in [0.29, 0.717) is 5.92 Å². The number of allylic oxidation sites excluding steroid dienone is 4. The third kappa shape index (κ3) is 3.73. The van der Waals surface area contributed by atoms with Crippen LogP contribution < -0.4 is 4.67 Å². The molecule has 2 atom stereocenters. The van der Waals surface area contributed by atoms with Crippen molar-refractivity contribution in [3.63, 3.8) is 0 Å². The maximum Gasteiger partial charge on any atom is 0.331 e. The molecule has 0 bridgehead atoms. The number of hydrogen-bond donors (Lipinski definition) is 0. The van der Waals surface area contributed by atoms with Crippen LogP contribution >= 0.6 is 0 Å². The van der Waals surface area contributed by atoms with Gasteiger partial charge in [0.1, 0.15) is 5.71 Å². The molecule has 0 aromatic heterocycles. The molecule has 0 amide bonds. The number of dihydropyridines is 1. The smallest absolute Gasteiger partial charge is 0.331 e. The molecule has 1 aliphatic heterocycles. The Hall–Kier alpha value is -1.86. The third-order valence-electron chi connectivity index (χ3n) is 4.70. The number of nitrogens with zero attached hydrogens (tertiary/aromatic N) is 2. The summed E-state index contributed by atoms with van der Waals surface area (Å²) in [5.74, 6) is 1.30. The molecular formula is C20H29N2O+. The molecular weight excluding hydrogens is 284 g/mol. The largest absolute Gasteiger partial charge is 0.494 e. The van der Waals surface area contributed by atoms with Gasteiger partial charge in [-0.05, 0) is 31.8 Å². The lowest BCUT2D eigenvalue weighted by Gasteiger charge is -2.30. The van der Waals surface area contributed by atoms with Gasteiger partial charge in [-0.25, -0.2) is 0 Å². The quantitative estimate of drug-likeness (QED) is 0.428. The van der Waals surface area contributed by atoms with Gasteiger partial charge in [-0.1, -0.05) is 38.4 Å². The average Bonchev–Trinajstić information content (AvgIpc) is 2.58. The van der Waals surface area contributed by atoms with Crippen LogP contribution in [-0.4, -0.2) is 30.3 Å². The van der Waals surface area contributed by atoms with E-state index in [1.807, 2.05) is 12.3 Å². The van der Waals surface area contributed by atoms with Crippen LogP contribution in [0.3, 0.4) is 0 Å². The van der Waals surface area contributed by atoms with Crippen LogP contribution in [0.25, 0.3) is 0 Å². The van der Waals surface area contributed by atoms with E-state index in [1.165, 1.54) is 5.57 Å². The standard InChI is InChI=1S/C20H29N2O/c1-7-14(4)13-21-16-10-17-15(8-2)12-20(5,9-3)22-19(17)18(11-16)23-6/h10-14H,7-9H2,1-6H3/q+1. The zero-order chi connectivity index (χ0) is 17.0. The normalized spacial score (nSPS) is 24.5. The van der Waals surface area contributed by atoms with Crippen molar-refractivity contribution in [3.05, 3.63) is 35.1 Å². The molecule has 2 aliphatic rings. The van der Waals surface area contributed by atoms with E-state index < -0.39 is 0 Å². The van der Waals surface area contributed by atoms with Crippen LogP contribution in [0.1, 0.15) is 53.9 Å². The number of hydrogen-bond acceptors (Lipinski definition) is 2. The number of aliphatic imine (C=N–C) groups is 1. The predicted octanol–water partition coefficient (Wildman–Crippen LogP) is 4.04. The molecule has 0 N–H and O–H groups in total. The molecule has 124 valence electrons. The Labute approximate surface area is 140 Å². The first-order valence-electron chi connectivity index (χ1n) is 8.67. The molecule has 0 saturated heterocycles. The Bertz CT molecular complexity index is 657. The first-order valence-corrected chi connectivity index (χ1v) is 8.67. The van der Waals surface area contributed by atoms with E-state index in [9.17, 15) is 0 Å². The molecule has 0 fully saturated rings. The minimum absolute atomic E-state index is 0.146. The predicted molar refractivity (Wildman–Crippen MR) is 100 cm³/mol. The Balaban J connectivity index is 2.55. The van der Waals surface area contributed by atoms with Crippen LogP contribution in [0.4, 0.5) is 0 Å². The molecule has 0 spiro atoms. The molecule has 2 rings (SSSR count). The number of rotatable bonds is 5. The highest BCUT2D eigenvalue weighted by Gasteiger charge is 2.33. The maximum atomic E-state index is 5.62. The molecule has 2 unspecified atom stereocenters. The zero-order valence-electron chi connectivity index (χ0n) is 15.3. The van der Waals surface area contributed by atoms with Crippen molar-refractivity contribution in [3.8, 4) is 0 Å². The van der Waals surface area contributed by atoms with Crippen molar-refractivity contribution < 1.29 is 4.74 Å². The highest BCUT2D eigenvalue weighted by Crippen LogP contribution is 2.34. The number of methoxy groups -OCH3 is 1. The van der Waals surface area contributed by atoms with E-state index >= 15 is 0 Å². The first-order chi connectivity index (χ1) is 11.0. The summed E-state index contributed by atoms with van der Waals surface area (Å²) in [6.45, 7) is 10.9. The van der Waals surface area contributed by atoms with Gasteiger partial charge in [-0.2, -0.15) is 0 Å². The van der Waals surface area contributed by atoms with Crippen molar-refractivity contribution in [1.82, 2.24) is 4.67 Å². The summed E-state index contributed by atoms with van der Waals surface area (Å²) in [4.78, 5) is 4.96. The van der Waals surface area contributed by atoms with Crippen molar-refractivity contribution in [2.75, 3.05) is 7.11 Å². The fraction of sp³-hybridized carbons (Fsp3) is 0.550. The van der Waals surface area contributed by atoms with Gasteiger partial charge in [-0.3, -0.25) is 4.99 Å². The van der Waals surface area contributed by atoms with Crippen LogP contribution in [-0.2, 0) is 4.74 Å². The summed E-state index contributed by atoms with van der Waals surface area (Å²) in [6, 6.07) is 0. The van der Waals surface area contributed by atoms with E-state index in [-0.39, 0.29) is 5.54 Å². The van der Waals surface area contributed by atoms with E-state index in [4.69, 9.17) is 9.73 Å². The summed E-state index contributed by atoms with van der Waals surface area (Å²) in [6.07, 6.45) is 11.5. The van der Waals surface area contributed by atoms with Gasteiger partial charge in [0.2, 0.25) is 0 Å². The molecule has 0 radical (unpaired) electrons. The zero-order valence-corrected chi connectivity index (χ0v) is 15.3. The Kier molecular flexibility index (Phi) is 5.43. The number of ether oxygens (including phenoxy) is 1.